The molecule has 0 atom stereocenters. The minimum absolute atomic E-state index is 0.000434. The van der Waals surface area contributed by atoms with Gasteiger partial charge in [0.2, 0.25) is 0 Å². The molecule has 3 saturated carbocycles. The van der Waals surface area contributed by atoms with E-state index in [1.54, 1.807) is 11.3 Å². The lowest BCUT2D eigenvalue weighted by molar-refractivity contribution is -0.178. The number of nitrogens with one attached hydrogen (secondary N) is 4. The van der Waals surface area contributed by atoms with Crippen LogP contribution < -0.4 is 0 Å². The zero-order valence-electron chi connectivity index (χ0n) is 63.6. The molecule has 4 N–H and O–H groups in total. The zero-order valence-corrected chi connectivity index (χ0v) is 66.9. The van der Waals surface area contributed by atoms with E-state index < -0.39 is 0 Å². The van der Waals surface area contributed by atoms with Gasteiger partial charge in [0.15, 0.2) is 15.8 Å². The van der Waals surface area contributed by atoms with Gasteiger partial charge in [0.05, 0.1) is 48.5 Å². The van der Waals surface area contributed by atoms with E-state index in [0.29, 0.717) is 60.0 Å². The molecule has 4 saturated heterocycles. The topological polar surface area (TPSA) is 241 Å². The molecule has 12 aromatic heterocycles. The largest absolute Gasteiger partial charge is 0.378 e. The number of nitrogens with zero attached hydrogens (tertiary/aromatic N) is 12. The fourth-order valence-corrected chi connectivity index (χ4v) is 20.7. The van der Waals surface area contributed by atoms with Crippen LogP contribution in [0.4, 0.5) is 0 Å². The number of ether oxygens (including phenoxy) is 3. The number of thiazole rings is 4. The van der Waals surface area contributed by atoms with E-state index in [1.165, 1.54) is 175 Å². The van der Waals surface area contributed by atoms with Crippen molar-refractivity contribution in [2.75, 3.05) is 92.9 Å². The van der Waals surface area contributed by atoms with Crippen LogP contribution in [0.5, 0.6) is 0 Å². The molecule has 2 amide bonds. The third kappa shape index (κ3) is 16.5. The van der Waals surface area contributed by atoms with Crippen LogP contribution in [0, 0.1) is 11.8 Å². The Morgan fingerprint density at radius 3 is 1.45 bits per heavy atom. The summed E-state index contributed by atoms with van der Waals surface area (Å²) in [6, 6.07) is 9.16. The van der Waals surface area contributed by atoms with Gasteiger partial charge >= 0.3 is 0 Å². The first-order valence-corrected chi connectivity index (χ1v) is 43.6. The van der Waals surface area contributed by atoms with Gasteiger partial charge in [0.25, 0.3) is 11.8 Å². The number of likely N-dealkylation sites (tertiary alicyclic amines) is 1. The van der Waals surface area contributed by atoms with Gasteiger partial charge in [-0.25, -0.2) is 39.9 Å². The molecule has 0 bridgehead atoms. The molecule has 12 aromatic rings. The fraction of sp³-hybridized carbons (Fsp3) is 0.482. The van der Waals surface area contributed by atoms with Crippen molar-refractivity contribution >= 4 is 107 Å². The first-order valence-electron chi connectivity index (χ1n) is 40.0. The molecule has 16 heterocycles. The number of hydrogen-bond acceptors (Lipinski definition) is 19. The van der Waals surface area contributed by atoms with Crippen LogP contribution in [0.25, 0.3) is 94.0 Å². The van der Waals surface area contributed by atoms with Crippen molar-refractivity contribution in [3.8, 4) is 44.3 Å². The molecule has 0 radical (unpaired) electrons. The van der Waals surface area contributed by atoms with Crippen LogP contribution in [0.2, 0.25) is 0 Å². The maximum Gasteiger partial charge on any atom is 0.283 e. The number of piperazine rings is 1. The Morgan fingerprint density at radius 1 is 0.473 bits per heavy atom. The number of likely N-dealkylation sites (N-methyl/N-ethyl adjacent to an activating group) is 1. The lowest BCUT2D eigenvalue weighted by Gasteiger charge is -2.35. The normalized spacial score (nSPS) is 21.7. The molecule has 1 spiro atoms. The fourth-order valence-electron chi connectivity index (χ4n) is 17.4. The number of piperidine rings is 1. The molecule has 21 nitrogen and oxygen atoms in total. The van der Waals surface area contributed by atoms with E-state index >= 15 is 0 Å². The van der Waals surface area contributed by atoms with E-state index in [1.807, 2.05) is 86.9 Å². The Hall–Kier alpha value is -8.24. The molecular formula is C85H100N16O5S4. The second-order valence-electron chi connectivity index (χ2n) is 31.8. The number of allylic oxidation sites excluding steroid dienone is 2. The lowest BCUT2D eigenvalue weighted by atomic mass is 9.80. The van der Waals surface area contributed by atoms with Gasteiger partial charge in [-0.2, -0.15) is 0 Å². The molecule has 7 fully saturated rings. The Balaban J connectivity index is 0.000000108. The summed E-state index contributed by atoms with van der Waals surface area (Å²) in [6.45, 7) is 14.3. The monoisotopic (exact) mass is 1550 g/mol. The number of rotatable bonds is 11. The smallest absolute Gasteiger partial charge is 0.283 e. The number of morpholine rings is 1. The minimum Gasteiger partial charge on any atom is -0.378 e. The van der Waals surface area contributed by atoms with Crippen molar-refractivity contribution in [2.45, 2.75) is 159 Å². The maximum atomic E-state index is 12.9. The summed E-state index contributed by atoms with van der Waals surface area (Å²) in [5.74, 6) is 3.74. The number of hydrogen-bond donors (Lipinski definition) is 4. The SMILES string of the molecule is C1=C(c2cnc3[nH]cc(-c4nccs4)c3c2)CCCC1.CC1CCC(c2cnc3[nH]cc(-c4csc(C(=O)N5CCN(C)CC5)n4)c3c2)CC1.CC1CCC(c2cnc3[nH]cc(-c4csc(C(=O)N5CCOCC5)n4)c3c2)CC1.CN1CCC(c2nc(-c3c[nH]c4ncc(C5CCC6(CC5)OCCO6)cc34)cs2)CC1. The highest BCUT2D eigenvalue weighted by molar-refractivity contribution is 7.13. The van der Waals surface area contributed by atoms with E-state index in [9.17, 15) is 9.59 Å². The maximum absolute atomic E-state index is 12.9. The summed E-state index contributed by atoms with van der Waals surface area (Å²) in [5, 5.41) is 16.2. The van der Waals surface area contributed by atoms with E-state index in [4.69, 9.17) is 29.2 Å². The second kappa shape index (κ2) is 33.6. The van der Waals surface area contributed by atoms with Crippen molar-refractivity contribution in [3.63, 3.8) is 0 Å². The highest BCUT2D eigenvalue weighted by Crippen LogP contribution is 2.45. The Morgan fingerprint density at radius 2 is 0.945 bits per heavy atom. The summed E-state index contributed by atoms with van der Waals surface area (Å²) >= 11 is 6.33. The van der Waals surface area contributed by atoms with Gasteiger partial charge in [-0.3, -0.25) is 9.59 Å². The van der Waals surface area contributed by atoms with Crippen molar-refractivity contribution in [2.24, 2.45) is 11.8 Å². The number of carbonyl (C=O) groups excluding carboxylic acids is 2. The summed E-state index contributed by atoms with van der Waals surface area (Å²) in [4.78, 5) is 84.7. The summed E-state index contributed by atoms with van der Waals surface area (Å²) in [6.07, 6.45) is 42.0. The van der Waals surface area contributed by atoms with E-state index in [2.05, 4.69) is 125 Å². The predicted octanol–water partition coefficient (Wildman–Crippen LogP) is 18.4. The number of amides is 2. The molecular weight excluding hydrogens is 1450 g/mol. The molecule has 25 heteroatoms. The van der Waals surface area contributed by atoms with Crippen LogP contribution >= 0.6 is 45.3 Å². The standard InChI is InChI=1S/C24H30N4O2S.C23H29N5OS.C22H26N4O2S.C16H15N3S/c1-28-8-4-17(5-9-28)23-27-21(15-31-23)20-14-26-22-19(20)12-18(13-25-22)16-2-6-24(7-3-16)29-10-11-30-24;1-15-3-5-16(6-4-15)17-11-18-19(13-25-21(18)24-12-17)20-14-30-22(26-20)23(29)28-9-7-27(2)8-10-28;1-14-2-4-15(5-3-14)16-10-17-18(12-24-20(17)23-11-16)19-13-29-21(25-19)22(27)26-6-8-28-9-7-26;1-2-4-11(5-3-1)12-8-13-14(16-17-6-7-20-16)10-19-15(13)18-9-12/h12-17H,2-11H2,1H3,(H,25,26);11-16H,3-10H2,1-2H3,(H,24,25);10-15H,2-9H2,1H3,(H,23,24);4,6-10H,1-3,5H2,(H,18,19). The van der Waals surface area contributed by atoms with Crippen molar-refractivity contribution in [1.29, 1.82) is 0 Å². The molecule has 0 unspecified atom stereocenters. The van der Waals surface area contributed by atoms with Crippen LogP contribution in [0.15, 0.2) is 108 Å². The third-order valence-corrected chi connectivity index (χ3v) is 27.9. The van der Waals surface area contributed by atoms with Crippen molar-refractivity contribution < 1.29 is 23.8 Å². The highest BCUT2D eigenvalue weighted by atomic mass is 32.1. The Kier molecular flexibility index (Phi) is 22.8. The van der Waals surface area contributed by atoms with E-state index in [0.717, 1.165) is 149 Å². The van der Waals surface area contributed by atoms with Crippen LogP contribution in [0.3, 0.4) is 0 Å². The summed E-state index contributed by atoms with van der Waals surface area (Å²) < 4.78 is 17.2. The lowest BCUT2D eigenvalue weighted by Crippen LogP contribution is -2.47. The van der Waals surface area contributed by atoms with Crippen molar-refractivity contribution in [3.05, 3.63) is 145 Å². The molecule has 110 heavy (non-hydrogen) atoms. The number of carbonyl (C=O) groups is 2. The second-order valence-corrected chi connectivity index (χ2v) is 35.3. The Labute approximate surface area is 658 Å². The number of pyridine rings is 4. The first-order chi connectivity index (χ1) is 53.9. The van der Waals surface area contributed by atoms with Crippen LogP contribution in [0.1, 0.15) is 200 Å². The average molecular weight is 1550 g/mol. The van der Waals surface area contributed by atoms with Crippen molar-refractivity contribution in [1.82, 2.24) is 79.4 Å². The van der Waals surface area contributed by atoms with Gasteiger partial charge in [-0.15, -0.1) is 45.3 Å². The van der Waals surface area contributed by atoms with Crippen LogP contribution in [-0.4, -0.2) is 190 Å². The average Bonchev–Trinajstić information content (AvgIpc) is 1.64. The quantitative estimate of drug-likeness (QED) is 0.0941. The molecule has 4 aliphatic heterocycles. The van der Waals surface area contributed by atoms with Gasteiger partial charge < -0.3 is 53.7 Å². The molecule has 20 rings (SSSR count). The van der Waals surface area contributed by atoms with E-state index in [-0.39, 0.29) is 17.6 Å². The number of aromatic nitrogens is 12. The van der Waals surface area contributed by atoms with Gasteiger partial charge in [0, 0.05) is 179 Å². The number of H-pyrrole nitrogens is 4. The van der Waals surface area contributed by atoms with Gasteiger partial charge in [0.1, 0.15) is 27.6 Å². The molecule has 4 aliphatic carbocycles. The van der Waals surface area contributed by atoms with Gasteiger partial charge in [-0.1, -0.05) is 45.6 Å². The predicted molar refractivity (Wildman–Crippen MR) is 441 cm³/mol. The Bertz CT molecular complexity index is 5150. The molecule has 8 aliphatic rings. The summed E-state index contributed by atoms with van der Waals surface area (Å²) in [7, 11) is 4.30. The number of aromatic amines is 4. The first kappa shape index (κ1) is 74.5. The van der Waals surface area contributed by atoms with Gasteiger partial charge in [-0.05, 0) is 186 Å². The minimum atomic E-state index is -0.307. The van der Waals surface area contributed by atoms with Crippen LogP contribution in [-0.2, 0) is 14.2 Å². The molecule has 0 aromatic carbocycles. The molecule has 574 valence electrons. The summed E-state index contributed by atoms with van der Waals surface area (Å²) in [5.41, 5.74) is 17.5. The zero-order chi connectivity index (χ0) is 74.7. The number of fused-ring (bicyclic) bond motifs is 4. The highest BCUT2D eigenvalue weighted by Gasteiger charge is 2.41. The third-order valence-electron chi connectivity index (χ3n) is 24.4.